The Morgan fingerprint density at radius 1 is 1.21 bits per heavy atom. The third kappa shape index (κ3) is 3.60. The predicted octanol–water partition coefficient (Wildman–Crippen LogP) is 4.42. The lowest BCUT2D eigenvalue weighted by molar-refractivity contribution is -0.131. The molecule has 2 aromatic rings. The van der Waals surface area contributed by atoms with Crippen LogP contribution in [0.5, 0.6) is 5.75 Å². The molecule has 0 aliphatic heterocycles. The van der Waals surface area contributed by atoms with Crippen molar-refractivity contribution in [2.24, 2.45) is 0 Å². The van der Waals surface area contributed by atoms with Crippen molar-refractivity contribution in [2.45, 2.75) is 47.0 Å². The minimum absolute atomic E-state index is 0.0626. The SMILES string of the molecule is CC.CC(=O)Oc1ccc2[nH]cc(C(C)(C)C)c2c1. The van der Waals surface area contributed by atoms with E-state index in [4.69, 9.17) is 4.74 Å². The van der Waals surface area contributed by atoms with Gasteiger partial charge in [-0.25, -0.2) is 0 Å². The summed E-state index contributed by atoms with van der Waals surface area (Å²) in [4.78, 5) is 14.2. The highest BCUT2D eigenvalue weighted by atomic mass is 16.5. The molecule has 0 atom stereocenters. The lowest BCUT2D eigenvalue weighted by Gasteiger charge is -2.17. The molecule has 1 N–H and O–H groups in total. The third-order valence-electron chi connectivity index (χ3n) is 2.72. The van der Waals surface area contributed by atoms with Crippen LogP contribution in [0, 0.1) is 0 Å². The Bertz CT molecular complexity index is 562. The normalized spacial score (nSPS) is 10.8. The van der Waals surface area contributed by atoms with E-state index in [1.807, 2.05) is 32.2 Å². The number of nitrogens with one attached hydrogen (secondary N) is 1. The van der Waals surface area contributed by atoms with Crippen molar-refractivity contribution in [3.8, 4) is 5.75 Å². The van der Waals surface area contributed by atoms with Crippen LogP contribution in [0.2, 0.25) is 0 Å². The molecule has 0 saturated heterocycles. The Labute approximate surface area is 115 Å². The number of aromatic nitrogens is 1. The maximum absolute atomic E-state index is 10.9. The van der Waals surface area contributed by atoms with Gasteiger partial charge in [0.05, 0.1) is 0 Å². The van der Waals surface area contributed by atoms with Gasteiger partial charge in [-0.2, -0.15) is 0 Å². The van der Waals surface area contributed by atoms with E-state index in [1.54, 1.807) is 6.07 Å². The molecule has 19 heavy (non-hydrogen) atoms. The van der Waals surface area contributed by atoms with Gasteiger partial charge in [0, 0.05) is 24.0 Å². The molecule has 0 radical (unpaired) electrons. The first-order chi connectivity index (χ1) is 8.88. The third-order valence-corrected chi connectivity index (χ3v) is 2.72. The second-order valence-corrected chi connectivity index (χ2v) is 5.25. The monoisotopic (exact) mass is 261 g/mol. The first-order valence-corrected chi connectivity index (χ1v) is 6.68. The Hall–Kier alpha value is -1.77. The van der Waals surface area contributed by atoms with E-state index >= 15 is 0 Å². The number of fused-ring (bicyclic) bond motifs is 1. The predicted molar refractivity (Wildman–Crippen MR) is 79.7 cm³/mol. The van der Waals surface area contributed by atoms with Gasteiger partial charge in [-0.3, -0.25) is 4.79 Å². The van der Waals surface area contributed by atoms with Gasteiger partial charge in [-0.05, 0) is 29.2 Å². The fraction of sp³-hybridized carbons (Fsp3) is 0.438. The van der Waals surface area contributed by atoms with Gasteiger partial charge in [-0.15, -0.1) is 0 Å². The van der Waals surface area contributed by atoms with E-state index < -0.39 is 0 Å². The lowest BCUT2D eigenvalue weighted by Crippen LogP contribution is -2.10. The Morgan fingerprint density at radius 3 is 2.37 bits per heavy atom. The highest BCUT2D eigenvalue weighted by Gasteiger charge is 2.18. The average Bonchev–Trinajstić information content (AvgIpc) is 2.73. The molecule has 0 aliphatic rings. The molecule has 1 aromatic heterocycles. The van der Waals surface area contributed by atoms with Crippen molar-refractivity contribution in [3.05, 3.63) is 30.0 Å². The quantitative estimate of drug-likeness (QED) is 0.610. The molecule has 1 heterocycles. The molecule has 1 aromatic carbocycles. The van der Waals surface area contributed by atoms with Crippen LogP contribution in [0.25, 0.3) is 10.9 Å². The number of aromatic amines is 1. The zero-order valence-electron chi connectivity index (χ0n) is 12.6. The van der Waals surface area contributed by atoms with E-state index in [2.05, 4.69) is 25.8 Å². The number of esters is 1. The van der Waals surface area contributed by atoms with Crippen molar-refractivity contribution in [1.82, 2.24) is 4.98 Å². The average molecular weight is 261 g/mol. The zero-order chi connectivity index (χ0) is 14.6. The van der Waals surface area contributed by atoms with Crippen molar-refractivity contribution in [1.29, 1.82) is 0 Å². The molecule has 2 rings (SSSR count). The fourth-order valence-electron chi connectivity index (χ4n) is 1.95. The largest absolute Gasteiger partial charge is 0.427 e. The summed E-state index contributed by atoms with van der Waals surface area (Å²) < 4.78 is 5.11. The number of hydrogen-bond acceptors (Lipinski definition) is 2. The van der Waals surface area contributed by atoms with Gasteiger partial charge in [0.25, 0.3) is 0 Å². The van der Waals surface area contributed by atoms with E-state index in [1.165, 1.54) is 12.5 Å². The van der Waals surface area contributed by atoms with E-state index in [-0.39, 0.29) is 11.4 Å². The van der Waals surface area contributed by atoms with Crippen molar-refractivity contribution < 1.29 is 9.53 Å². The van der Waals surface area contributed by atoms with Crippen LogP contribution >= 0.6 is 0 Å². The molecule has 0 saturated carbocycles. The van der Waals surface area contributed by atoms with Gasteiger partial charge in [-0.1, -0.05) is 34.6 Å². The number of H-pyrrole nitrogens is 1. The first-order valence-electron chi connectivity index (χ1n) is 6.68. The summed E-state index contributed by atoms with van der Waals surface area (Å²) in [6.45, 7) is 11.9. The van der Waals surface area contributed by atoms with Gasteiger partial charge in [0.2, 0.25) is 0 Å². The number of ether oxygens (including phenoxy) is 1. The number of carbonyl (C=O) groups excluding carboxylic acids is 1. The summed E-state index contributed by atoms with van der Waals surface area (Å²) in [5, 5.41) is 1.11. The van der Waals surface area contributed by atoms with Crippen LogP contribution < -0.4 is 4.74 Å². The first kappa shape index (κ1) is 15.3. The van der Waals surface area contributed by atoms with Crippen molar-refractivity contribution in [2.75, 3.05) is 0 Å². The number of benzene rings is 1. The summed E-state index contributed by atoms with van der Waals surface area (Å²) >= 11 is 0. The summed E-state index contributed by atoms with van der Waals surface area (Å²) in [5.41, 5.74) is 2.35. The molecular weight excluding hydrogens is 238 g/mol. The van der Waals surface area contributed by atoms with Gasteiger partial charge in [0.15, 0.2) is 0 Å². The van der Waals surface area contributed by atoms with Crippen LogP contribution in [-0.2, 0) is 10.2 Å². The maximum Gasteiger partial charge on any atom is 0.308 e. The number of hydrogen-bond donors (Lipinski definition) is 1. The summed E-state index contributed by atoms with van der Waals surface area (Å²) in [5.74, 6) is 0.298. The van der Waals surface area contributed by atoms with Crippen molar-refractivity contribution >= 4 is 16.9 Å². The maximum atomic E-state index is 10.9. The zero-order valence-corrected chi connectivity index (χ0v) is 12.6. The van der Waals surface area contributed by atoms with Crippen LogP contribution in [0.15, 0.2) is 24.4 Å². The standard InChI is InChI=1S/C14H17NO2.C2H6/c1-9(16)17-10-5-6-13-11(7-10)12(8-15-13)14(2,3)4;1-2/h5-8,15H,1-4H3;1-2H3. The molecule has 0 unspecified atom stereocenters. The van der Waals surface area contributed by atoms with Gasteiger partial charge < -0.3 is 9.72 Å². The highest BCUT2D eigenvalue weighted by molar-refractivity contribution is 5.86. The highest BCUT2D eigenvalue weighted by Crippen LogP contribution is 2.32. The Morgan fingerprint density at radius 2 is 1.84 bits per heavy atom. The Kier molecular flexibility index (Phi) is 4.76. The molecule has 0 bridgehead atoms. The van der Waals surface area contributed by atoms with Crippen LogP contribution in [0.3, 0.4) is 0 Å². The molecule has 0 spiro atoms. The fourth-order valence-corrected chi connectivity index (χ4v) is 1.95. The number of rotatable bonds is 1. The molecule has 3 heteroatoms. The molecule has 0 fully saturated rings. The Balaban J connectivity index is 0.000000861. The lowest BCUT2D eigenvalue weighted by atomic mass is 9.87. The topological polar surface area (TPSA) is 42.1 Å². The number of carbonyl (C=O) groups is 1. The van der Waals surface area contributed by atoms with Crippen LogP contribution in [-0.4, -0.2) is 11.0 Å². The minimum atomic E-state index is -0.294. The van der Waals surface area contributed by atoms with Gasteiger partial charge in [0.1, 0.15) is 5.75 Å². The molecular formula is C16H23NO2. The van der Waals surface area contributed by atoms with E-state index in [9.17, 15) is 4.79 Å². The van der Waals surface area contributed by atoms with Crippen LogP contribution in [0.4, 0.5) is 0 Å². The molecule has 3 nitrogen and oxygen atoms in total. The smallest absolute Gasteiger partial charge is 0.308 e. The second-order valence-electron chi connectivity index (χ2n) is 5.25. The summed E-state index contributed by atoms with van der Waals surface area (Å²) in [7, 11) is 0. The van der Waals surface area contributed by atoms with Crippen molar-refractivity contribution in [3.63, 3.8) is 0 Å². The molecule has 0 aliphatic carbocycles. The minimum Gasteiger partial charge on any atom is -0.427 e. The second kappa shape index (κ2) is 5.91. The van der Waals surface area contributed by atoms with Gasteiger partial charge >= 0.3 is 5.97 Å². The molecule has 0 amide bonds. The summed E-state index contributed by atoms with van der Waals surface area (Å²) in [6.07, 6.45) is 2.02. The van der Waals surface area contributed by atoms with Crippen LogP contribution in [0.1, 0.15) is 47.1 Å². The molecule has 104 valence electrons. The summed E-state index contributed by atoms with van der Waals surface area (Å²) in [6, 6.07) is 5.64. The van der Waals surface area contributed by atoms with E-state index in [0.29, 0.717) is 5.75 Å². The van der Waals surface area contributed by atoms with E-state index in [0.717, 1.165) is 10.9 Å².